The van der Waals surface area contributed by atoms with Gasteiger partial charge in [-0.05, 0) is 177 Å². The Kier molecular flexibility index (Phi) is 44.9. The number of carbonyl (C=O) groups excluding carboxylic acids is 4. The molecule has 1 aliphatic rings. The first kappa shape index (κ1) is 97.6. The summed E-state index contributed by atoms with van der Waals surface area (Å²) in [5, 5.41) is 53.8. The molecular formula is C94H94Ir2N6O13S4-4. The summed E-state index contributed by atoms with van der Waals surface area (Å²) in [4.78, 5) is 67.9. The molecule has 6 aromatic carbocycles. The van der Waals surface area contributed by atoms with Gasteiger partial charge in [-0.2, -0.15) is 0 Å². The van der Waals surface area contributed by atoms with Crippen LogP contribution in [0.5, 0.6) is 11.5 Å². The molecular weight excluding hydrogens is 1930 g/mol. The molecule has 0 saturated carbocycles. The molecule has 0 aliphatic carbocycles. The third kappa shape index (κ3) is 36.5. The van der Waals surface area contributed by atoms with Gasteiger partial charge in [0.15, 0.2) is 0 Å². The molecule has 4 unspecified atom stereocenters. The number of aromatic hydroxyl groups is 1. The number of hydrogen-bond acceptors (Lipinski definition) is 22. The number of nitrogens with zero attached hydrogens (tertiary/aromatic N) is 5. The average Bonchev–Trinajstić information content (AvgIpc) is 1.70. The molecule has 0 spiro atoms. The molecule has 9 heterocycles. The molecule has 0 bridgehead atoms. The maximum Gasteiger partial charge on any atom is 0.412 e. The predicted octanol–water partition coefficient (Wildman–Crippen LogP) is 19.7. The number of thiophene rings is 4. The van der Waals surface area contributed by atoms with Gasteiger partial charge < -0.3 is 69.7 Å². The Labute approximate surface area is 737 Å². The number of aromatic nitrogens is 4. The van der Waals surface area contributed by atoms with E-state index in [1.165, 1.54) is 59.3 Å². The number of isocyanates is 1. The van der Waals surface area contributed by atoms with Crippen molar-refractivity contribution in [2.45, 2.75) is 103 Å². The monoisotopic (exact) mass is 2030 g/mol. The second kappa shape index (κ2) is 54.7. The molecule has 15 rings (SSSR count). The van der Waals surface area contributed by atoms with Crippen molar-refractivity contribution in [3.05, 3.63) is 303 Å². The summed E-state index contributed by atoms with van der Waals surface area (Å²) < 4.78 is 24.5. The third-order valence-electron chi connectivity index (χ3n) is 16.4. The Morgan fingerprint density at radius 1 is 0.487 bits per heavy atom. The molecule has 6 N–H and O–H groups in total. The van der Waals surface area contributed by atoms with Crippen LogP contribution < -0.4 is 10.1 Å². The molecule has 2 radical (unpaired) electrons. The second-order valence-electron chi connectivity index (χ2n) is 26.4. The number of rotatable bonds is 23. The zero-order chi connectivity index (χ0) is 83.4. The Bertz CT molecular complexity index is 4760. The van der Waals surface area contributed by atoms with Gasteiger partial charge in [-0.3, -0.25) is 0 Å². The number of aliphatic imine (C=N–C) groups is 1. The Balaban J connectivity index is 0.000000215. The van der Waals surface area contributed by atoms with E-state index in [1.54, 1.807) is 97.3 Å². The number of amides is 1. The number of aliphatic hydroxyl groups is 4. The Hall–Kier alpha value is -10.3. The summed E-state index contributed by atoms with van der Waals surface area (Å²) >= 11 is 6.93. The van der Waals surface area contributed by atoms with Gasteiger partial charge >= 0.3 is 18.0 Å². The van der Waals surface area contributed by atoms with Gasteiger partial charge in [-0.1, -0.05) is 134 Å². The molecule has 1 saturated heterocycles. The summed E-state index contributed by atoms with van der Waals surface area (Å²) in [6.45, 7) is 15.7. The SMILES string of the molecule is C1CCOC1.C=C(C)C(=O)OCCN=C=O.C=C(C)C(=O)OCCNC(=O)Oc1ccc(CCC(O)CC(C)O)cc1.CC(O)CC(O)CCc1ccc(O)cc1.[Ir].[Ir].[c-]1c(-c2ccccn2)sc2ccccc12.[c-]1c(-c2ccccn2)sc2ccccc12.[c-]1c(-c2ccccn2)sc2ccccc12.[c-]1c(-c2ccccn2)sc2ccccc12. The number of phenolic OH excluding ortho intramolecular Hbond substituents is 1. The van der Waals surface area contributed by atoms with Crippen molar-refractivity contribution in [1.29, 1.82) is 0 Å². The summed E-state index contributed by atoms with van der Waals surface area (Å²) in [6.07, 6.45) is 11.9. The first-order valence-corrected chi connectivity index (χ1v) is 41.1. The average molecular weight is 2030 g/mol. The number of pyridine rings is 4. The van der Waals surface area contributed by atoms with Crippen LogP contribution in [0.3, 0.4) is 0 Å². The van der Waals surface area contributed by atoms with E-state index >= 15 is 0 Å². The van der Waals surface area contributed by atoms with Gasteiger partial charge in [0.2, 0.25) is 6.08 Å². The number of hydrogen-bond donors (Lipinski definition) is 6. The van der Waals surface area contributed by atoms with E-state index in [4.69, 9.17) is 24.4 Å². The van der Waals surface area contributed by atoms with Crippen LogP contribution >= 0.6 is 45.3 Å². The minimum Gasteiger partial charge on any atom is -0.508 e. The minimum atomic E-state index is -0.642. The van der Waals surface area contributed by atoms with E-state index in [2.05, 4.69) is 145 Å². The maximum atomic E-state index is 11.6. The number of nitrogens with one attached hydrogen (secondary N) is 1. The number of esters is 2. The van der Waals surface area contributed by atoms with Gasteiger partial charge in [-0.25, -0.2) is 69.5 Å². The van der Waals surface area contributed by atoms with Gasteiger partial charge in [0.1, 0.15) is 24.7 Å². The van der Waals surface area contributed by atoms with E-state index < -0.39 is 42.4 Å². The molecule has 4 atom stereocenters. The third-order valence-corrected chi connectivity index (χ3v) is 20.8. The smallest absolute Gasteiger partial charge is 0.412 e. The minimum absolute atomic E-state index is 0. The first-order valence-electron chi connectivity index (χ1n) is 37.9. The summed E-state index contributed by atoms with van der Waals surface area (Å²) in [7, 11) is 0. The number of aliphatic hydroxyl groups excluding tert-OH is 4. The molecule has 1 aliphatic heterocycles. The van der Waals surface area contributed by atoms with E-state index in [0.717, 1.165) is 73.0 Å². The van der Waals surface area contributed by atoms with Crippen LogP contribution in [0.2, 0.25) is 0 Å². The van der Waals surface area contributed by atoms with Crippen LogP contribution in [0.1, 0.15) is 77.3 Å². The predicted molar refractivity (Wildman–Crippen MR) is 470 cm³/mol. The fourth-order valence-corrected chi connectivity index (χ4v) is 14.6. The number of aryl methyl sites for hydroxylation is 2. The van der Waals surface area contributed by atoms with Gasteiger partial charge in [0.25, 0.3) is 0 Å². The fraction of sp³-hybridized carbons (Fsp3) is 0.234. The van der Waals surface area contributed by atoms with Crippen LogP contribution in [-0.4, -0.2) is 134 Å². The zero-order valence-corrected chi connectivity index (χ0v) is 74.3. The van der Waals surface area contributed by atoms with Crippen molar-refractivity contribution in [2.24, 2.45) is 4.99 Å². The summed E-state index contributed by atoms with van der Waals surface area (Å²) in [5.41, 5.74) is 6.70. The number of phenols is 1. The Morgan fingerprint density at radius 3 is 1.11 bits per heavy atom. The zero-order valence-electron chi connectivity index (χ0n) is 66.3. The molecule has 624 valence electrons. The van der Waals surface area contributed by atoms with Crippen molar-refractivity contribution in [2.75, 3.05) is 39.5 Å². The van der Waals surface area contributed by atoms with Crippen LogP contribution in [-0.2, 0) is 81.6 Å². The number of ether oxygens (including phenoxy) is 4. The largest absolute Gasteiger partial charge is 0.508 e. The molecule has 19 nitrogen and oxygen atoms in total. The van der Waals surface area contributed by atoms with Gasteiger partial charge in [0, 0.05) is 112 Å². The molecule has 25 heteroatoms. The van der Waals surface area contributed by atoms with Crippen molar-refractivity contribution in [1.82, 2.24) is 25.3 Å². The van der Waals surface area contributed by atoms with Crippen LogP contribution in [0.25, 0.3) is 82.6 Å². The van der Waals surface area contributed by atoms with E-state index in [1.807, 2.05) is 146 Å². The van der Waals surface area contributed by atoms with Gasteiger partial charge in [-0.15, -0.1) is 94.3 Å². The molecule has 1 fully saturated rings. The van der Waals surface area contributed by atoms with E-state index in [9.17, 15) is 34.5 Å². The maximum absolute atomic E-state index is 11.6. The topological polar surface area (TPSA) is 282 Å². The molecule has 8 aromatic heterocycles. The number of carbonyl (C=O) groups is 3. The van der Waals surface area contributed by atoms with Crippen LogP contribution in [0.4, 0.5) is 4.79 Å². The molecule has 14 aromatic rings. The van der Waals surface area contributed by atoms with Crippen molar-refractivity contribution in [3.8, 4) is 53.8 Å². The summed E-state index contributed by atoms with van der Waals surface area (Å²) in [5.74, 6) is -0.335. The standard InChI is InChI=1S/C19H27NO6.4C13H8NS.C12H18O3.C7H9NO3.C4H8O.2Ir/c1-13(2)18(23)25-11-10-20-19(24)26-17-8-5-15(6-9-17)4-7-16(22)12-14(3)21;4*1-2-7-12-10(5-1)9-13(15-12)11-6-3-4-8-14-11;1-9(13)8-12(15)7-4-10-2-5-11(14)6-3-10;1-6(2)7(10)11-4-3-8-5-9;1-2-4-5-3-1;;/h5-6,8-9,14,16,21-22H,1,4,7,10-12H2,2-3H3,(H,20,24);4*1-8H;2-3,5-6,9,12-15H,4,7-8H2,1H3;1,3-4H2,2H3;1-4H2;;/q;4*-1;;;;;. The number of fused-ring (bicyclic) bond motifs is 4. The van der Waals surface area contributed by atoms with Crippen LogP contribution in [0, 0.1) is 24.3 Å². The molecule has 1 amide bonds. The van der Waals surface area contributed by atoms with Crippen LogP contribution in [0.15, 0.2) is 272 Å². The van der Waals surface area contributed by atoms with Gasteiger partial charge in [0.05, 0.1) is 37.5 Å². The van der Waals surface area contributed by atoms with E-state index in [0.29, 0.717) is 49.0 Å². The Morgan fingerprint density at radius 2 is 0.815 bits per heavy atom. The number of benzene rings is 6. The first-order chi connectivity index (χ1) is 56.8. The summed E-state index contributed by atoms with van der Waals surface area (Å²) in [6, 6.07) is 84.3. The van der Waals surface area contributed by atoms with E-state index in [-0.39, 0.29) is 72.3 Å². The van der Waals surface area contributed by atoms with Crippen molar-refractivity contribution in [3.63, 3.8) is 0 Å². The molecule has 119 heavy (non-hydrogen) atoms. The fourth-order valence-electron chi connectivity index (χ4n) is 10.6. The quantitative estimate of drug-likeness (QED) is 0.00867. The van der Waals surface area contributed by atoms with Crippen molar-refractivity contribution >= 4 is 110 Å². The van der Waals surface area contributed by atoms with Crippen molar-refractivity contribution < 1.29 is 104 Å². The normalized spacial score (nSPS) is 11.8. The second-order valence-corrected chi connectivity index (χ2v) is 30.6.